The van der Waals surface area contributed by atoms with E-state index in [4.69, 9.17) is 9.47 Å². The molecule has 0 aromatic heterocycles. The van der Waals surface area contributed by atoms with Crippen molar-refractivity contribution < 1.29 is 19.1 Å². The molecule has 1 N–H and O–H groups in total. The number of hydrazone groups is 1. The molecule has 0 aliphatic carbocycles. The lowest BCUT2D eigenvalue weighted by Gasteiger charge is -2.12. The SMILES string of the molecule is C[C@@H](Oc1ccc(Br)cc1)C(=O)N/N=C\c1ccc(OC(=O)c2ccc(Br)cc2)cc1. The van der Waals surface area contributed by atoms with Crippen LogP contribution in [0, 0.1) is 0 Å². The molecule has 0 aliphatic heterocycles. The molecule has 1 amide bonds. The monoisotopic (exact) mass is 544 g/mol. The van der Waals surface area contributed by atoms with Gasteiger partial charge in [0.2, 0.25) is 0 Å². The summed E-state index contributed by atoms with van der Waals surface area (Å²) in [6.45, 7) is 1.64. The predicted octanol–water partition coefficient (Wildman–Crippen LogP) is 5.35. The maximum Gasteiger partial charge on any atom is 0.343 e. The van der Waals surface area contributed by atoms with E-state index in [2.05, 4.69) is 42.4 Å². The molecule has 3 aromatic carbocycles. The summed E-state index contributed by atoms with van der Waals surface area (Å²) in [6, 6.07) is 20.8. The van der Waals surface area contributed by atoms with Gasteiger partial charge in [-0.05, 0) is 85.3 Å². The summed E-state index contributed by atoms with van der Waals surface area (Å²) in [5, 5.41) is 3.94. The molecule has 158 valence electrons. The van der Waals surface area contributed by atoms with Crippen molar-refractivity contribution >= 4 is 50.0 Å². The minimum absolute atomic E-state index is 0.376. The van der Waals surface area contributed by atoms with Crippen LogP contribution in [0.5, 0.6) is 11.5 Å². The first-order valence-electron chi connectivity index (χ1n) is 9.23. The van der Waals surface area contributed by atoms with Gasteiger partial charge in [-0.25, -0.2) is 10.2 Å². The van der Waals surface area contributed by atoms with Gasteiger partial charge in [0.05, 0.1) is 11.8 Å². The quantitative estimate of drug-likeness (QED) is 0.188. The van der Waals surface area contributed by atoms with Gasteiger partial charge in [-0.15, -0.1) is 0 Å². The third-order valence-corrected chi connectivity index (χ3v) is 5.11. The molecule has 3 rings (SSSR count). The Morgan fingerprint density at radius 2 is 1.42 bits per heavy atom. The number of benzene rings is 3. The molecule has 0 aliphatic rings. The van der Waals surface area contributed by atoms with Crippen molar-refractivity contribution in [1.29, 1.82) is 0 Å². The van der Waals surface area contributed by atoms with Gasteiger partial charge in [0.15, 0.2) is 6.10 Å². The Morgan fingerprint density at radius 1 is 0.871 bits per heavy atom. The van der Waals surface area contributed by atoms with Gasteiger partial charge < -0.3 is 9.47 Å². The molecule has 6 nitrogen and oxygen atoms in total. The highest BCUT2D eigenvalue weighted by Crippen LogP contribution is 2.18. The van der Waals surface area contributed by atoms with Crippen LogP contribution in [0.2, 0.25) is 0 Å². The molecule has 0 spiro atoms. The molecule has 31 heavy (non-hydrogen) atoms. The Morgan fingerprint density at radius 3 is 2.03 bits per heavy atom. The second-order valence-corrected chi connectivity index (χ2v) is 8.25. The first-order chi connectivity index (χ1) is 14.9. The van der Waals surface area contributed by atoms with Crippen LogP contribution in [0.15, 0.2) is 86.8 Å². The van der Waals surface area contributed by atoms with Gasteiger partial charge in [0.25, 0.3) is 5.91 Å². The van der Waals surface area contributed by atoms with E-state index in [1.54, 1.807) is 67.6 Å². The number of nitrogens with zero attached hydrogens (tertiary/aromatic N) is 1. The summed E-state index contributed by atoms with van der Waals surface area (Å²) in [5.74, 6) is 0.175. The van der Waals surface area contributed by atoms with Crippen LogP contribution in [0.1, 0.15) is 22.8 Å². The Balaban J connectivity index is 1.49. The number of carbonyl (C=O) groups excluding carboxylic acids is 2. The van der Waals surface area contributed by atoms with E-state index in [0.717, 1.165) is 14.5 Å². The Labute approximate surface area is 196 Å². The van der Waals surface area contributed by atoms with Crippen molar-refractivity contribution in [3.63, 3.8) is 0 Å². The van der Waals surface area contributed by atoms with E-state index in [1.807, 2.05) is 12.1 Å². The predicted molar refractivity (Wildman–Crippen MR) is 126 cm³/mol. The summed E-state index contributed by atoms with van der Waals surface area (Å²) in [4.78, 5) is 24.3. The molecular formula is C23H18Br2N2O4. The summed E-state index contributed by atoms with van der Waals surface area (Å²) in [6.07, 6.45) is 0.781. The number of halogens is 2. The lowest BCUT2D eigenvalue weighted by Crippen LogP contribution is -2.33. The number of rotatable bonds is 7. The molecule has 3 aromatic rings. The average Bonchev–Trinajstić information content (AvgIpc) is 2.77. The highest BCUT2D eigenvalue weighted by molar-refractivity contribution is 9.10. The molecular weight excluding hydrogens is 528 g/mol. The lowest BCUT2D eigenvalue weighted by atomic mass is 10.2. The lowest BCUT2D eigenvalue weighted by molar-refractivity contribution is -0.127. The highest BCUT2D eigenvalue weighted by Gasteiger charge is 2.13. The fourth-order valence-electron chi connectivity index (χ4n) is 2.41. The zero-order valence-corrected chi connectivity index (χ0v) is 19.6. The van der Waals surface area contributed by atoms with E-state index in [9.17, 15) is 9.59 Å². The molecule has 0 unspecified atom stereocenters. The normalized spacial score (nSPS) is 11.7. The number of esters is 1. The average molecular weight is 546 g/mol. The Hall–Kier alpha value is -2.97. The Kier molecular flexibility index (Phi) is 7.97. The van der Waals surface area contributed by atoms with Crippen LogP contribution >= 0.6 is 31.9 Å². The first-order valence-corrected chi connectivity index (χ1v) is 10.8. The van der Waals surface area contributed by atoms with Crippen LogP contribution in [-0.2, 0) is 4.79 Å². The summed E-state index contributed by atoms with van der Waals surface area (Å²) in [5.41, 5.74) is 3.62. The number of ether oxygens (including phenoxy) is 2. The molecule has 1 atom stereocenters. The number of nitrogens with one attached hydrogen (secondary N) is 1. The van der Waals surface area contributed by atoms with E-state index < -0.39 is 12.1 Å². The molecule has 0 radical (unpaired) electrons. The number of amides is 1. The third-order valence-electron chi connectivity index (χ3n) is 4.05. The van der Waals surface area contributed by atoms with E-state index >= 15 is 0 Å². The second kappa shape index (κ2) is 10.9. The van der Waals surface area contributed by atoms with Crippen LogP contribution in [-0.4, -0.2) is 24.2 Å². The summed E-state index contributed by atoms with van der Waals surface area (Å²) >= 11 is 6.67. The maximum atomic E-state index is 12.1. The van der Waals surface area contributed by atoms with Gasteiger partial charge in [-0.3, -0.25) is 4.79 Å². The number of carbonyl (C=O) groups is 2. The van der Waals surface area contributed by atoms with Crippen molar-refractivity contribution in [1.82, 2.24) is 5.43 Å². The van der Waals surface area contributed by atoms with Crippen molar-refractivity contribution in [2.75, 3.05) is 0 Å². The van der Waals surface area contributed by atoms with Crippen molar-refractivity contribution in [2.45, 2.75) is 13.0 Å². The smallest absolute Gasteiger partial charge is 0.343 e. The molecule has 0 saturated heterocycles. The highest BCUT2D eigenvalue weighted by atomic mass is 79.9. The van der Waals surface area contributed by atoms with Gasteiger partial charge in [0, 0.05) is 8.95 Å². The fourth-order valence-corrected chi connectivity index (χ4v) is 2.93. The van der Waals surface area contributed by atoms with E-state index in [-0.39, 0.29) is 5.91 Å². The molecule has 0 bridgehead atoms. The van der Waals surface area contributed by atoms with Gasteiger partial charge >= 0.3 is 5.97 Å². The molecule has 8 heteroatoms. The third kappa shape index (κ3) is 7.04. The number of hydrogen-bond acceptors (Lipinski definition) is 5. The van der Waals surface area contributed by atoms with E-state index in [1.165, 1.54) is 6.21 Å². The van der Waals surface area contributed by atoms with Crippen LogP contribution < -0.4 is 14.9 Å². The zero-order valence-electron chi connectivity index (χ0n) is 16.4. The minimum atomic E-state index is -0.710. The summed E-state index contributed by atoms with van der Waals surface area (Å²) in [7, 11) is 0. The summed E-state index contributed by atoms with van der Waals surface area (Å²) < 4.78 is 12.7. The zero-order chi connectivity index (χ0) is 22.2. The Bertz CT molecular complexity index is 1070. The topological polar surface area (TPSA) is 77.0 Å². The van der Waals surface area contributed by atoms with Crippen LogP contribution in [0.3, 0.4) is 0 Å². The van der Waals surface area contributed by atoms with Crippen molar-refractivity contribution in [3.8, 4) is 11.5 Å². The molecule has 0 saturated carbocycles. The molecule has 0 fully saturated rings. The largest absolute Gasteiger partial charge is 0.481 e. The van der Waals surface area contributed by atoms with Crippen molar-refractivity contribution in [3.05, 3.63) is 92.9 Å². The minimum Gasteiger partial charge on any atom is -0.481 e. The maximum absolute atomic E-state index is 12.1. The van der Waals surface area contributed by atoms with Crippen molar-refractivity contribution in [2.24, 2.45) is 5.10 Å². The van der Waals surface area contributed by atoms with Gasteiger partial charge in [-0.2, -0.15) is 5.10 Å². The van der Waals surface area contributed by atoms with Gasteiger partial charge in [-0.1, -0.05) is 31.9 Å². The standard InChI is InChI=1S/C23H18Br2N2O4/c1-15(30-20-12-8-19(25)9-13-20)22(28)27-26-14-16-2-10-21(11-3-16)31-23(29)17-4-6-18(24)7-5-17/h2-15H,1H3,(H,27,28)/b26-14-/t15-/m1/s1. The van der Waals surface area contributed by atoms with Gasteiger partial charge in [0.1, 0.15) is 11.5 Å². The fraction of sp³-hybridized carbons (Fsp3) is 0.0870. The van der Waals surface area contributed by atoms with Crippen LogP contribution in [0.4, 0.5) is 0 Å². The first kappa shape index (κ1) is 22.7. The number of hydrogen-bond donors (Lipinski definition) is 1. The molecule has 0 heterocycles. The van der Waals surface area contributed by atoms with Crippen LogP contribution in [0.25, 0.3) is 0 Å². The van der Waals surface area contributed by atoms with E-state index in [0.29, 0.717) is 17.1 Å². The second-order valence-electron chi connectivity index (χ2n) is 6.41.